The summed E-state index contributed by atoms with van der Waals surface area (Å²) >= 11 is 0. The van der Waals surface area contributed by atoms with Crippen LogP contribution in [0, 0.1) is 11.8 Å². The van der Waals surface area contributed by atoms with E-state index in [4.69, 9.17) is 0 Å². The van der Waals surface area contributed by atoms with E-state index in [1.807, 2.05) is 0 Å². The molecule has 1 aliphatic heterocycles. The molecule has 2 aliphatic rings. The van der Waals surface area contributed by atoms with Crippen molar-refractivity contribution < 1.29 is 14.3 Å². The molecule has 0 aromatic heterocycles. The summed E-state index contributed by atoms with van der Waals surface area (Å²) in [5.74, 6) is 0.442. The molecule has 1 N–H and O–H groups in total. The largest absolute Gasteiger partial charge is 0.467 e. The maximum atomic E-state index is 11.1. The Bertz CT molecular complexity index is 238. The molecule has 2 rings (SSSR count). The van der Waals surface area contributed by atoms with Crippen LogP contribution in [0.4, 0.5) is 0 Å². The van der Waals surface area contributed by atoms with E-state index in [1.54, 1.807) is 0 Å². The Morgan fingerprint density at radius 1 is 1.67 bits per heavy atom. The first-order chi connectivity index (χ1) is 5.72. The molecule has 0 spiro atoms. The number of hydrogen-bond donors (Lipinski definition) is 1. The smallest absolute Gasteiger partial charge is 0.328 e. The van der Waals surface area contributed by atoms with Gasteiger partial charge in [0.15, 0.2) is 0 Å². The number of ether oxygens (including phenoxy) is 1. The molecule has 12 heavy (non-hydrogen) atoms. The van der Waals surface area contributed by atoms with Crippen LogP contribution in [0.5, 0.6) is 0 Å². The minimum Gasteiger partial charge on any atom is -0.467 e. The van der Waals surface area contributed by atoms with Crippen molar-refractivity contribution in [2.75, 3.05) is 7.11 Å². The Labute approximate surface area is 70.3 Å². The Morgan fingerprint density at radius 2 is 2.42 bits per heavy atom. The SMILES string of the molecule is COC(=O)C1NC(=O)CC2CC21. The molecule has 4 heteroatoms. The van der Waals surface area contributed by atoms with E-state index in [9.17, 15) is 9.59 Å². The third kappa shape index (κ3) is 1.07. The lowest BCUT2D eigenvalue weighted by Gasteiger charge is -2.20. The predicted molar refractivity (Wildman–Crippen MR) is 40.2 cm³/mol. The second kappa shape index (κ2) is 2.47. The highest BCUT2D eigenvalue weighted by molar-refractivity contribution is 5.87. The third-order valence-electron chi connectivity index (χ3n) is 2.62. The number of carbonyl (C=O) groups is 2. The Morgan fingerprint density at radius 3 is 3.08 bits per heavy atom. The van der Waals surface area contributed by atoms with Crippen LogP contribution in [0.1, 0.15) is 12.8 Å². The molecule has 1 saturated heterocycles. The topological polar surface area (TPSA) is 55.4 Å². The molecule has 4 nitrogen and oxygen atoms in total. The Balaban J connectivity index is 2.05. The Hall–Kier alpha value is -1.06. The first-order valence-electron chi connectivity index (χ1n) is 4.09. The van der Waals surface area contributed by atoms with E-state index in [0.717, 1.165) is 6.42 Å². The molecule has 3 unspecified atom stereocenters. The molecule has 0 radical (unpaired) electrons. The second-order valence-electron chi connectivity index (χ2n) is 3.43. The molecule has 1 heterocycles. The molecule has 0 bridgehead atoms. The fraction of sp³-hybridized carbons (Fsp3) is 0.750. The normalized spacial score (nSPS) is 38.1. The highest BCUT2D eigenvalue weighted by atomic mass is 16.5. The zero-order valence-corrected chi connectivity index (χ0v) is 6.87. The van der Waals surface area contributed by atoms with Gasteiger partial charge in [0.05, 0.1) is 7.11 Å². The van der Waals surface area contributed by atoms with Gasteiger partial charge in [-0.15, -0.1) is 0 Å². The highest BCUT2D eigenvalue weighted by Crippen LogP contribution is 2.46. The molecule has 1 saturated carbocycles. The number of nitrogens with one attached hydrogen (secondary N) is 1. The van der Waals surface area contributed by atoms with E-state index < -0.39 is 0 Å². The molecule has 2 fully saturated rings. The van der Waals surface area contributed by atoms with Crippen molar-refractivity contribution in [1.82, 2.24) is 5.32 Å². The fourth-order valence-corrected chi connectivity index (χ4v) is 1.85. The van der Waals surface area contributed by atoms with E-state index in [-0.39, 0.29) is 17.9 Å². The Kier molecular flexibility index (Phi) is 1.56. The van der Waals surface area contributed by atoms with Gasteiger partial charge in [-0.2, -0.15) is 0 Å². The van der Waals surface area contributed by atoms with Crippen molar-refractivity contribution in [2.45, 2.75) is 18.9 Å². The van der Waals surface area contributed by atoms with Gasteiger partial charge < -0.3 is 10.1 Å². The predicted octanol–water partition coefficient (Wildman–Crippen LogP) is -0.316. The van der Waals surface area contributed by atoms with Crippen LogP contribution in [-0.2, 0) is 14.3 Å². The van der Waals surface area contributed by atoms with Crippen LogP contribution >= 0.6 is 0 Å². The summed E-state index contributed by atoms with van der Waals surface area (Å²) in [6, 6.07) is -0.374. The van der Waals surface area contributed by atoms with Crippen LogP contribution in [0.15, 0.2) is 0 Å². The van der Waals surface area contributed by atoms with Crippen molar-refractivity contribution in [2.24, 2.45) is 11.8 Å². The van der Waals surface area contributed by atoms with Crippen LogP contribution < -0.4 is 5.32 Å². The molecule has 66 valence electrons. The molecule has 0 aromatic rings. The van der Waals surface area contributed by atoms with Crippen molar-refractivity contribution in [3.63, 3.8) is 0 Å². The summed E-state index contributed by atoms with van der Waals surface area (Å²) in [6.07, 6.45) is 1.57. The molecular formula is C8H11NO3. The van der Waals surface area contributed by atoms with Gasteiger partial charge in [-0.05, 0) is 18.3 Å². The van der Waals surface area contributed by atoms with E-state index in [2.05, 4.69) is 10.1 Å². The van der Waals surface area contributed by atoms with Crippen LogP contribution in [-0.4, -0.2) is 25.0 Å². The third-order valence-corrected chi connectivity index (χ3v) is 2.62. The van der Waals surface area contributed by atoms with Gasteiger partial charge in [0.2, 0.25) is 5.91 Å². The first-order valence-corrected chi connectivity index (χ1v) is 4.09. The summed E-state index contributed by atoms with van der Waals surface area (Å²) < 4.78 is 4.58. The number of methoxy groups -OCH3 is 1. The van der Waals surface area contributed by atoms with Crippen LogP contribution in [0.3, 0.4) is 0 Å². The lowest BCUT2D eigenvalue weighted by atomic mass is 10.0. The first kappa shape index (κ1) is 7.58. The lowest BCUT2D eigenvalue weighted by molar-refractivity contribution is -0.146. The molecule has 3 atom stereocenters. The minimum atomic E-state index is -0.374. The summed E-state index contributed by atoms with van der Waals surface area (Å²) in [5.41, 5.74) is 0. The fourth-order valence-electron chi connectivity index (χ4n) is 1.85. The summed E-state index contributed by atoms with van der Waals surface area (Å²) in [4.78, 5) is 22.1. The van der Waals surface area contributed by atoms with Crippen molar-refractivity contribution in [1.29, 1.82) is 0 Å². The summed E-state index contributed by atoms with van der Waals surface area (Å²) in [6.45, 7) is 0. The maximum Gasteiger partial charge on any atom is 0.328 e. The lowest BCUT2D eigenvalue weighted by Crippen LogP contribution is -2.46. The molecule has 1 amide bonds. The maximum absolute atomic E-state index is 11.1. The number of fused-ring (bicyclic) bond motifs is 1. The van der Waals surface area contributed by atoms with Gasteiger partial charge in [0.25, 0.3) is 0 Å². The number of carbonyl (C=O) groups excluding carboxylic acids is 2. The number of rotatable bonds is 1. The monoisotopic (exact) mass is 169 g/mol. The van der Waals surface area contributed by atoms with Crippen molar-refractivity contribution in [3.05, 3.63) is 0 Å². The van der Waals surface area contributed by atoms with Gasteiger partial charge in [-0.25, -0.2) is 4.79 Å². The van der Waals surface area contributed by atoms with Gasteiger partial charge in [-0.1, -0.05) is 0 Å². The average Bonchev–Trinajstić information content (AvgIpc) is 2.80. The highest BCUT2D eigenvalue weighted by Gasteiger charge is 2.51. The van der Waals surface area contributed by atoms with Crippen LogP contribution in [0.25, 0.3) is 0 Å². The van der Waals surface area contributed by atoms with Gasteiger partial charge in [0, 0.05) is 6.42 Å². The van der Waals surface area contributed by atoms with Crippen LogP contribution in [0.2, 0.25) is 0 Å². The quantitative estimate of drug-likeness (QED) is 0.547. The van der Waals surface area contributed by atoms with E-state index in [1.165, 1.54) is 7.11 Å². The van der Waals surface area contributed by atoms with E-state index in [0.29, 0.717) is 18.3 Å². The summed E-state index contributed by atoms with van der Waals surface area (Å²) in [5, 5.41) is 2.64. The zero-order chi connectivity index (χ0) is 8.72. The van der Waals surface area contributed by atoms with Gasteiger partial charge in [-0.3, -0.25) is 4.79 Å². The standard InChI is InChI=1S/C8H11NO3/c1-12-8(11)7-5-2-4(5)3-6(10)9-7/h4-5,7H,2-3H2,1H3,(H,9,10). The van der Waals surface area contributed by atoms with Crippen molar-refractivity contribution >= 4 is 11.9 Å². The number of esters is 1. The number of amides is 1. The average molecular weight is 169 g/mol. The minimum absolute atomic E-state index is 0.0239. The van der Waals surface area contributed by atoms with Gasteiger partial charge in [0.1, 0.15) is 6.04 Å². The number of hydrogen-bond acceptors (Lipinski definition) is 3. The molecule has 1 aliphatic carbocycles. The molecule has 0 aromatic carbocycles. The zero-order valence-electron chi connectivity index (χ0n) is 6.87. The molecular weight excluding hydrogens is 158 g/mol. The van der Waals surface area contributed by atoms with E-state index >= 15 is 0 Å². The summed E-state index contributed by atoms with van der Waals surface area (Å²) in [7, 11) is 1.35. The second-order valence-corrected chi connectivity index (χ2v) is 3.43. The van der Waals surface area contributed by atoms with Gasteiger partial charge >= 0.3 is 5.97 Å². The number of piperidine rings is 1. The van der Waals surface area contributed by atoms with Crippen molar-refractivity contribution in [3.8, 4) is 0 Å².